The van der Waals surface area contributed by atoms with Gasteiger partial charge in [-0.25, -0.2) is 9.59 Å². The van der Waals surface area contributed by atoms with Gasteiger partial charge in [0.15, 0.2) is 0 Å². The number of esters is 2. The van der Waals surface area contributed by atoms with Crippen molar-refractivity contribution in [3.05, 3.63) is 83.9 Å². The molecule has 0 atom stereocenters. The van der Waals surface area contributed by atoms with Crippen LogP contribution in [0.15, 0.2) is 72.8 Å². The minimum absolute atomic E-state index is 0. The molecule has 0 N–H and O–H groups in total. The molecule has 28 heavy (non-hydrogen) atoms. The van der Waals surface area contributed by atoms with E-state index in [-0.39, 0.29) is 93.2 Å². The number of rotatable bonds is 4. The molecule has 3 aromatic carbocycles. The van der Waals surface area contributed by atoms with Gasteiger partial charge in [-0.1, -0.05) is 24.3 Å². The second-order valence-electron chi connectivity index (χ2n) is 5.30. The van der Waals surface area contributed by atoms with Gasteiger partial charge < -0.3 is 19.7 Å². The number of hydrogen-bond acceptors (Lipinski definition) is 6. The van der Waals surface area contributed by atoms with Gasteiger partial charge in [-0.3, -0.25) is 0 Å². The molecule has 0 aliphatic carbocycles. The first-order chi connectivity index (χ1) is 12.5. The summed E-state index contributed by atoms with van der Waals surface area (Å²) in [6, 6.07) is 16.5. The Bertz CT molecular complexity index is 844. The molecule has 0 amide bonds. The summed E-state index contributed by atoms with van der Waals surface area (Å²) in [6.45, 7) is 0. The molecule has 0 radical (unpaired) electrons. The smallest absolute Gasteiger partial charge is 0.872 e. The van der Waals surface area contributed by atoms with Crippen LogP contribution in [0.3, 0.4) is 0 Å². The van der Waals surface area contributed by atoms with Crippen molar-refractivity contribution in [2.45, 2.75) is 0 Å². The summed E-state index contributed by atoms with van der Waals surface area (Å²) < 4.78 is 10.4. The van der Waals surface area contributed by atoms with Crippen molar-refractivity contribution in [2.75, 3.05) is 0 Å². The van der Waals surface area contributed by atoms with Crippen LogP contribution < -0.4 is 78.8 Å². The summed E-state index contributed by atoms with van der Waals surface area (Å²) in [5.74, 6) is -1.08. The fraction of sp³-hybridized carbons (Fsp3) is 0. The molecule has 0 spiro atoms. The molecule has 6 nitrogen and oxygen atoms in total. The number of ether oxygens (including phenoxy) is 2. The van der Waals surface area contributed by atoms with Crippen molar-refractivity contribution in [2.24, 2.45) is 0 Å². The Morgan fingerprint density at radius 2 is 0.821 bits per heavy atom. The van der Waals surface area contributed by atoms with E-state index in [1.54, 1.807) is 0 Å². The van der Waals surface area contributed by atoms with Gasteiger partial charge in [0.25, 0.3) is 0 Å². The third kappa shape index (κ3) is 6.67. The first-order valence-electron chi connectivity index (χ1n) is 7.60. The normalized spacial score (nSPS) is 9.43. The molecule has 0 aromatic heterocycles. The quantitative estimate of drug-likeness (QED) is 0.257. The molecule has 8 heteroatoms. The zero-order chi connectivity index (χ0) is 18.5. The Morgan fingerprint density at radius 1 is 0.536 bits per heavy atom. The summed E-state index contributed by atoms with van der Waals surface area (Å²) in [5, 5.41) is 22.1. The molecule has 0 saturated carbocycles. The standard InChI is InChI=1S/C20H14O6.2Na/c21-15-5-1-13(2-6-15)19(23)25-17-9-11-18(12-10-17)26-20(24)14-3-7-16(22)8-4-14;;/h1-12,21-22H;;/q;2*+1/p-2. The predicted molar refractivity (Wildman–Crippen MR) is 88.1 cm³/mol. The van der Waals surface area contributed by atoms with E-state index in [0.29, 0.717) is 0 Å². The van der Waals surface area contributed by atoms with Crippen LogP contribution in [0.25, 0.3) is 0 Å². The van der Waals surface area contributed by atoms with Crippen LogP contribution >= 0.6 is 0 Å². The van der Waals surface area contributed by atoms with E-state index in [9.17, 15) is 19.8 Å². The SMILES string of the molecule is O=C(Oc1ccc(OC(=O)c2ccc([O-])cc2)cc1)c1ccc([O-])cc1.[Na+].[Na+]. The zero-order valence-corrected chi connectivity index (χ0v) is 19.4. The van der Waals surface area contributed by atoms with Crippen molar-refractivity contribution in [3.63, 3.8) is 0 Å². The van der Waals surface area contributed by atoms with Crippen LogP contribution in [0.2, 0.25) is 0 Å². The second-order valence-corrected chi connectivity index (χ2v) is 5.30. The van der Waals surface area contributed by atoms with Gasteiger partial charge in [0, 0.05) is 0 Å². The second kappa shape index (κ2) is 11.3. The maximum absolute atomic E-state index is 12.0. The minimum Gasteiger partial charge on any atom is -0.872 e. The van der Waals surface area contributed by atoms with Crippen molar-refractivity contribution < 1.29 is 88.4 Å². The molecular formula is C20H12Na2O6. The number of hydrogen-bond donors (Lipinski definition) is 0. The molecule has 0 fully saturated rings. The van der Waals surface area contributed by atoms with E-state index >= 15 is 0 Å². The molecule has 0 aliphatic rings. The Labute approximate surface area is 205 Å². The number of carbonyl (C=O) groups excluding carboxylic acids is 2. The van der Waals surface area contributed by atoms with Crippen LogP contribution in [-0.2, 0) is 0 Å². The summed E-state index contributed by atoms with van der Waals surface area (Å²) >= 11 is 0. The van der Waals surface area contributed by atoms with Gasteiger partial charge in [-0.05, 0) is 48.5 Å². The Kier molecular flexibility index (Phi) is 9.75. The van der Waals surface area contributed by atoms with Crippen molar-refractivity contribution in [1.29, 1.82) is 0 Å². The Balaban J connectivity index is 0.00000196. The van der Waals surface area contributed by atoms with E-state index in [1.807, 2.05) is 0 Å². The van der Waals surface area contributed by atoms with E-state index in [1.165, 1.54) is 72.8 Å². The van der Waals surface area contributed by atoms with Crippen LogP contribution in [0.5, 0.6) is 23.0 Å². The van der Waals surface area contributed by atoms with E-state index in [4.69, 9.17) is 9.47 Å². The molecule has 0 heterocycles. The van der Waals surface area contributed by atoms with Crippen molar-refractivity contribution in [3.8, 4) is 23.0 Å². The minimum atomic E-state index is -0.604. The molecule has 0 aliphatic heterocycles. The topological polar surface area (TPSA) is 98.7 Å². The Hall–Kier alpha value is -1.80. The summed E-state index contributed by atoms with van der Waals surface area (Å²) in [6.07, 6.45) is 0. The number of carbonyl (C=O) groups is 2. The molecule has 130 valence electrons. The Morgan fingerprint density at radius 3 is 1.11 bits per heavy atom. The van der Waals surface area contributed by atoms with E-state index < -0.39 is 11.9 Å². The monoisotopic (exact) mass is 394 g/mol. The zero-order valence-electron chi connectivity index (χ0n) is 15.4. The fourth-order valence-electron chi connectivity index (χ4n) is 2.09. The molecule has 3 aromatic rings. The van der Waals surface area contributed by atoms with Gasteiger partial charge >= 0.3 is 71.1 Å². The van der Waals surface area contributed by atoms with Crippen molar-refractivity contribution >= 4 is 11.9 Å². The molecule has 0 saturated heterocycles. The van der Waals surface area contributed by atoms with Gasteiger partial charge in [0.2, 0.25) is 0 Å². The molecule has 0 bridgehead atoms. The predicted octanol–water partition coefficient (Wildman–Crippen LogP) is -3.72. The fourth-order valence-corrected chi connectivity index (χ4v) is 2.09. The molecular weight excluding hydrogens is 382 g/mol. The van der Waals surface area contributed by atoms with Crippen LogP contribution in [0, 0.1) is 0 Å². The molecule has 0 unspecified atom stereocenters. The largest absolute Gasteiger partial charge is 1.00 e. The maximum atomic E-state index is 12.0. The first kappa shape index (κ1) is 24.2. The average molecular weight is 394 g/mol. The third-order valence-corrected chi connectivity index (χ3v) is 3.42. The maximum Gasteiger partial charge on any atom is 1.00 e. The summed E-state index contributed by atoms with van der Waals surface area (Å²) in [4.78, 5) is 23.9. The van der Waals surface area contributed by atoms with E-state index in [0.717, 1.165) is 0 Å². The van der Waals surface area contributed by atoms with Gasteiger partial charge in [0.05, 0.1) is 11.1 Å². The van der Waals surface area contributed by atoms with Gasteiger partial charge in [0.1, 0.15) is 11.5 Å². The first-order valence-corrected chi connectivity index (χ1v) is 7.60. The van der Waals surface area contributed by atoms with Gasteiger partial charge in [-0.2, -0.15) is 0 Å². The third-order valence-electron chi connectivity index (χ3n) is 3.42. The van der Waals surface area contributed by atoms with Crippen molar-refractivity contribution in [1.82, 2.24) is 0 Å². The van der Waals surface area contributed by atoms with Crippen LogP contribution in [0.1, 0.15) is 20.7 Å². The van der Waals surface area contributed by atoms with E-state index in [2.05, 4.69) is 0 Å². The van der Waals surface area contributed by atoms with Crippen LogP contribution in [0.4, 0.5) is 0 Å². The summed E-state index contributed by atoms with van der Waals surface area (Å²) in [5.41, 5.74) is 0.504. The van der Waals surface area contributed by atoms with Crippen LogP contribution in [-0.4, -0.2) is 11.9 Å². The molecule has 3 rings (SSSR count). The average Bonchev–Trinajstić information content (AvgIpc) is 2.64. The number of benzene rings is 3. The summed E-state index contributed by atoms with van der Waals surface area (Å²) in [7, 11) is 0. The van der Waals surface area contributed by atoms with Gasteiger partial charge in [-0.15, -0.1) is 11.5 Å².